The van der Waals surface area contributed by atoms with Crippen LogP contribution in [0.1, 0.15) is 39.3 Å². The maximum Gasteiger partial charge on any atom is 0.509 e. The summed E-state index contributed by atoms with van der Waals surface area (Å²) in [4.78, 5) is 52.0. The van der Waals surface area contributed by atoms with Gasteiger partial charge in [-0.2, -0.15) is 0 Å². The van der Waals surface area contributed by atoms with Crippen molar-refractivity contribution in [2.45, 2.75) is 75.6 Å². The zero-order valence-corrected chi connectivity index (χ0v) is 30.3. The number of rotatable bonds is 18. The number of hydrogen-bond donors (Lipinski definition) is 4. The number of H-pyrrole nitrogens is 1. The number of nitrogens with two attached hydrogens (primary N) is 1. The molecule has 0 amide bonds. The zero-order valence-electron chi connectivity index (χ0n) is 28.6. The van der Waals surface area contributed by atoms with Crippen molar-refractivity contribution in [3.8, 4) is 0 Å². The van der Waals surface area contributed by atoms with Crippen molar-refractivity contribution in [3.05, 3.63) is 45.8 Å². The molecule has 0 saturated carbocycles. The zero-order chi connectivity index (χ0) is 37.5. The van der Waals surface area contributed by atoms with Gasteiger partial charge in [0.05, 0.1) is 45.5 Å². The summed E-state index contributed by atoms with van der Waals surface area (Å²) in [5.41, 5.74) is 3.09. The van der Waals surface area contributed by atoms with Crippen LogP contribution in [0.4, 0.5) is 10.6 Å². The quantitative estimate of drug-likeness (QED) is 0.0603. The molecule has 5 heterocycles. The fourth-order valence-electron chi connectivity index (χ4n) is 5.69. The number of ether oxygens (including phenoxy) is 6. The van der Waals surface area contributed by atoms with E-state index in [0.717, 1.165) is 16.8 Å². The minimum Gasteiger partial charge on any atom is -0.431 e. The van der Waals surface area contributed by atoms with Crippen LogP contribution < -0.4 is 17.0 Å². The van der Waals surface area contributed by atoms with Gasteiger partial charge in [-0.3, -0.25) is 28.0 Å². The summed E-state index contributed by atoms with van der Waals surface area (Å²) in [6.07, 6.45) is -2.12. The molecule has 2 saturated heterocycles. The van der Waals surface area contributed by atoms with Crippen LogP contribution in [-0.2, 0) is 47.8 Å². The summed E-state index contributed by atoms with van der Waals surface area (Å²) < 4.78 is 62.7. The number of nitrogens with zero attached hydrogens (tertiary/aromatic N) is 5. The highest BCUT2D eigenvalue weighted by Crippen LogP contribution is 2.63. The number of aromatic amines is 1. The van der Waals surface area contributed by atoms with Crippen LogP contribution in [-0.4, -0.2) is 122 Å². The molecule has 0 aliphatic carbocycles. The van der Waals surface area contributed by atoms with Crippen molar-refractivity contribution in [3.63, 3.8) is 0 Å². The third-order valence-electron chi connectivity index (χ3n) is 8.44. The third-order valence-corrected chi connectivity index (χ3v) is 11.8. The first kappa shape index (κ1) is 39.8. The van der Waals surface area contributed by atoms with Crippen molar-refractivity contribution < 1.29 is 57.0 Å². The normalized spacial score (nSPS) is 25.8. The Labute approximate surface area is 300 Å². The molecule has 5 rings (SSSR count). The van der Waals surface area contributed by atoms with Gasteiger partial charge >= 0.3 is 18.6 Å². The average Bonchev–Trinajstić information content (AvgIpc) is 3.82. The number of aromatic nitrogens is 6. The fraction of sp³-hybridized carbons (Fsp3) is 0.655. The van der Waals surface area contributed by atoms with E-state index in [1.54, 1.807) is 4.57 Å². The second-order valence-electron chi connectivity index (χ2n) is 11.7. The van der Waals surface area contributed by atoms with Gasteiger partial charge in [0.1, 0.15) is 42.5 Å². The van der Waals surface area contributed by atoms with Gasteiger partial charge in [0.15, 0.2) is 17.4 Å². The van der Waals surface area contributed by atoms with Gasteiger partial charge in [0.25, 0.3) is 5.56 Å². The van der Waals surface area contributed by atoms with Crippen LogP contribution in [0, 0.1) is 0 Å². The van der Waals surface area contributed by atoms with Gasteiger partial charge in [-0.1, -0.05) is 13.8 Å². The summed E-state index contributed by atoms with van der Waals surface area (Å²) in [6.45, 7) is -2.53. The largest absolute Gasteiger partial charge is 0.509 e. The van der Waals surface area contributed by atoms with Crippen LogP contribution >= 0.6 is 18.2 Å². The predicted octanol–water partition coefficient (Wildman–Crippen LogP) is 0.856. The van der Waals surface area contributed by atoms with Crippen molar-refractivity contribution >= 4 is 41.3 Å². The molecular formula is C29H42N7O14PS. The number of nitrogens with one attached hydrogen (secondary N) is 1. The number of anilines is 1. The van der Waals surface area contributed by atoms with E-state index in [4.69, 9.17) is 43.2 Å². The summed E-state index contributed by atoms with van der Waals surface area (Å²) in [7, 11) is 1.42. The Morgan fingerprint density at radius 2 is 2.02 bits per heavy atom. The van der Waals surface area contributed by atoms with Gasteiger partial charge in [-0.15, -0.1) is 0 Å². The van der Waals surface area contributed by atoms with Crippen LogP contribution in [0.2, 0.25) is 0 Å². The van der Waals surface area contributed by atoms with Crippen LogP contribution in [0.15, 0.2) is 34.5 Å². The van der Waals surface area contributed by atoms with E-state index < -0.39 is 92.4 Å². The number of carbonyl (C=O) groups excluding carboxylic acids is 1. The fourth-order valence-corrected chi connectivity index (χ4v) is 8.48. The molecule has 2 aliphatic rings. The number of aliphatic hydroxyl groups excluding tert-OH is 2. The van der Waals surface area contributed by atoms with Gasteiger partial charge in [0.2, 0.25) is 5.72 Å². The lowest BCUT2D eigenvalue weighted by molar-refractivity contribution is -0.163. The standard InChI is InChI=1S/C29H42N7O14PS/c1-4-17(5-2)48-28(41)45-16-52-51(42,47-12-20-18(38)10-22(49-20)35-15-33-23-25(30)31-14-32-26(23)35)50-24-19(11-37)44-13-29(24,46-9-8-43-3)36-7-6-21(39)34-27(36)40/h6-7,14-15,17-20,22,24,37-38H,4-5,8-13,16H2,1-3H3,(H2,30,31,32)(H,34,39,40)/t18-,19+,20+,22+,24+,29+,51+/m0/s1. The molecule has 3 aromatic rings. The second-order valence-corrected chi connectivity index (χ2v) is 15.7. The molecule has 21 nitrogen and oxygen atoms in total. The van der Waals surface area contributed by atoms with Crippen molar-refractivity contribution in [2.75, 3.05) is 51.8 Å². The molecule has 5 N–H and O–H groups in total. The van der Waals surface area contributed by atoms with E-state index in [0.29, 0.717) is 35.4 Å². The SMILES string of the molecule is CCC(CC)OC(=O)OCS[P@](=O)(OC[C@H]1O[C@@H](n2cnc3c(N)ncnc32)C[C@@H]1O)O[C@@H]1[C@@H](CO)OC[C@]1(OCCOC)n1ccc(=O)[nH]c1=O. The summed E-state index contributed by atoms with van der Waals surface area (Å²) >= 11 is 0.454. The molecule has 0 radical (unpaired) electrons. The Hall–Kier alpha value is -3.44. The minimum atomic E-state index is -4.55. The Kier molecular flexibility index (Phi) is 13.4. The van der Waals surface area contributed by atoms with E-state index in [1.165, 1.54) is 19.8 Å². The predicted molar refractivity (Wildman–Crippen MR) is 181 cm³/mol. The highest BCUT2D eigenvalue weighted by Gasteiger charge is 2.57. The number of methoxy groups -OCH3 is 1. The van der Waals surface area contributed by atoms with Gasteiger partial charge in [-0.25, -0.2) is 29.1 Å². The highest BCUT2D eigenvalue weighted by atomic mass is 32.7. The lowest BCUT2D eigenvalue weighted by Crippen LogP contribution is -2.55. The van der Waals surface area contributed by atoms with E-state index in [2.05, 4.69) is 19.9 Å². The second kappa shape index (κ2) is 17.6. The summed E-state index contributed by atoms with van der Waals surface area (Å²) in [5, 5.41) is 21.3. The topological polar surface area (TPSA) is 273 Å². The summed E-state index contributed by atoms with van der Waals surface area (Å²) in [6, 6.07) is 1.06. The number of fused-ring (bicyclic) bond motifs is 1. The third kappa shape index (κ3) is 8.84. The van der Waals surface area contributed by atoms with Crippen molar-refractivity contribution in [1.82, 2.24) is 29.1 Å². The Morgan fingerprint density at radius 1 is 1.23 bits per heavy atom. The first-order valence-electron chi connectivity index (χ1n) is 16.3. The Balaban J connectivity index is 1.41. The highest BCUT2D eigenvalue weighted by molar-refractivity contribution is 8.55. The lowest BCUT2D eigenvalue weighted by Gasteiger charge is -2.37. The van der Waals surface area contributed by atoms with Crippen LogP contribution in [0.5, 0.6) is 0 Å². The maximum absolute atomic E-state index is 14.7. The van der Waals surface area contributed by atoms with Crippen LogP contribution in [0.25, 0.3) is 11.2 Å². The molecule has 0 aromatic carbocycles. The van der Waals surface area contributed by atoms with Gasteiger partial charge in [0, 0.05) is 37.2 Å². The molecule has 0 bridgehead atoms. The molecule has 0 spiro atoms. The molecular weight excluding hydrogens is 733 g/mol. The first-order valence-corrected chi connectivity index (χ1v) is 19.5. The smallest absolute Gasteiger partial charge is 0.431 e. The molecule has 52 heavy (non-hydrogen) atoms. The molecule has 288 valence electrons. The number of carbonyl (C=O) groups is 1. The van der Waals surface area contributed by atoms with E-state index >= 15 is 0 Å². The number of nitrogen functional groups attached to an aromatic ring is 1. The lowest BCUT2D eigenvalue weighted by atomic mass is 10.1. The molecule has 3 aromatic heterocycles. The van der Waals surface area contributed by atoms with E-state index in [9.17, 15) is 29.2 Å². The molecule has 0 unspecified atom stereocenters. The van der Waals surface area contributed by atoms with Crippen molar-refractivity contribution in [1.29, 1.82) is 0 Å². The Bertz CT molecular complexity index is 1820. The van der Waals surface area contributed by atoms with Gasteiger partial charge < -0.3 is 44.4 Å². The molecule has 2 aliphatic heterocycles. The number of hydrogen-bond acceptors (Lipinski definition) is 19. The monoisotopic (exact) mass is 775 g/mol. The maximum atomic E-state index is 14.7. The van der Waals surface area contributed by atoms with Crippen molar-refractivity contribution in [2.24, 2.45) is 0 Å². The van der Waals surface area contributed by atoms with E-state index in [-0.39, 0.29) is 25.5 Å². The van der Waals surface area contributed by atoms with Gasteiger partial charge in [-0.05, 0) is 12.8 Å². The molecule has 23 heteroatoms. The molecule has 7 atom stereocenters. The number of aliphatic hydroxyl groups is 2. The molecule has 2 fully saturated rings. The first-order chi connectivity index (χ1) is 25.0. The Morgan fingerprint density at radius 3 is 2.73 bits per heavy atom. The summed E-state index contributed by atoms with van der Waals surface area (Å²) in [5.74, 6) is -0.422. The van der Waals surface area contributed by atoms with Crippen LogP contribution in [0.3, 0.4) is 0 Å². The van der Waals surface area contributed by atoms with E-state index in [1.807, 2.05) is 13.8 Å². The average molecular weight is 776 g/mol. The minimum absolute atomic E-state index is 0.0502. The number of imidazole rings is 1.